The van der Waals surface area contributed by atoms with Crippen LogP contribution in [-0.2, 0) is 0 Å². The van der Waals surface area contributed by atoms with E-state index in [1.807, 2.05) is 12.1 Å². The number of hydrogen-bond donors (Lipinski definition) is 1. The topological polar surface area (TPSA) is 24.4 Å². The minimum Gasteiger partial charge on any atom is -0.382 e. The molecular weight excluding hydrogens is 240 g/mol. The van der Waals surface area contributed by atoms with Gasteiger partial charge in [-0.1, -0.05) is 15.9 Å². The van der Waals surface area contributed by atoms with E-state index in [4.69, 9.17) is 0 Å². The van der Waals surface area contributed by atoms with Crippen molar-refractivity contribution in [3.63, 3.8) is 0 Å². The van der Waals surface area contributed by atoms with Gasteiger partial charge in [0, 0.05) is 22.6 Å². The van der Waals surface area contributed by atoms with Crippen molar-refractivity contribution in [3.05, 3.63) is 22.7 Å². The number of halogens is 1. The Balaban J connectivity index is 2.02. The maximum absolute atomic E-state index is 4.53. The average molecular weight is 251 g/mol. The zero-order chi connectivity index (χ0) is 9.60. The van der Waals surface area contributed by atoms with Gasteiger partial charge < -0.3 is 5.32 Å². The van der Waals surface area contributed by atoms with Gasteiger partial charge >= 0.3 is 0 Å². The molecule has 0 bridgehead atoms. The molecule has 2 nitrogen and oxygen atoms in total. The molecule has 0 unspecified atom stereocenters. The number of aliphatic imine (C=N–C) groups is 1. The average Bonchev–Trinajstić information content (AvgIpc) is 2.96. The summed E-state index contributed by atoms with van der Waals surface area (Å²) in [5, 5.41) is 3.46. The maximum Gasteiger partial charge on any atom is 0.0858 e. The van der Waals surface area contributed by atoms with Gasteiger partial charge in [-0.2, -0.15) is 0 Å². The highest BCUT2D eigenvalue weighted by molar-refractivity contribution is 9.10. The van der Waals surface area contributed by atoms with Crippen molar-refractivity contribution < 1.29 is 0 Å². The van der Waals surface area contributed by atoms with Crippen molar-refractivity contribution in [3.8, 4) is 0 Å². The summed E-state index contributed by atoms with van der Waals surface area (Å²) in [7, 11) is 0. The highest BCUT2D eigenvalue weighted by Gasteiger charge is 2.41. The van der Waals surface area contributed by atoms with Crippen molar-refractivity contribution in [2.75, 3.05) is 11.9 Å². The predicted octanol–water partition coefficient (Wildman–Crippen LogP) is 3.36. The van der Waals surface area contributed by atoms with Crippen molar-refractivity contribution in [1.29, 1.82) is 0 Å². The Bertz CT molecular complexity index is 408. The van der Waals surface area contributed by atoms with Crippen LogP contribution >= 0.6 is 15.9 Å². The summed E-state index contributed by atoms with van der Waals surface area (Å²) >= 11 is 3.47. The molecule has 1 aliphatic carbocycles. The summed E-state index contributed by atoms with van der Waals surface area (Å²) in [6.45, 7) is 1.03. The van der Waals surface area contributed by atoms with Crippen molar-refractivity contribution >= 4 is 33.5 Å². The van der Waals surface area contributed by atoms with Gasteiger partial charge in [0.15, 0.2) is 0 Å². The van der Waals surface area contributed by atoms with E-state index < -0.39 is 0 Å². The summed E-state index contributed by atoms with van der Waals surface area (Å²) in [6, 6.07) is 6.17. The molecule has 3 rings (SSSR count). The fraction of sp³-hybridized carbons (Fsp3) is 0.364. The Hall–Kier alpha value is -0.830. The molecule has 0 aromatic heterocycles. The maximum atomic E-state index is 4.53. The molecule has 1 aromatic carbocycles. The fourth-order valence-electron chi connectivity index (χ4n) is 1.75. The van der Waals surface area contributed by atoms with Crippen LogP contribution in [0.2, 0.25) is 0 Å². The number of anilines is 1. The van der Waals surface area contributed by atoms with Crippen LogP contribution in [0.15, 0.2) is 27.7 Å². The number of nitrogens with zero attached hydrogens (tertiary/aromatic N) is 1. The Morgan fingerprint density at radius 2 is 2.21 bits per heavy atom. The lowest BCUT2D eigenvalue weighted by Crippen LogP contribution is -2.14. The molecule has 1 saturated carbocycles. The largest absolute Gasteiger partial charge is 0.382 e. The molecule has 0 radical (unpaired) electrons. The molecule has 1 N–H and O–H groups in total. The molecule has 0 saturated heterocycles. The van der Waals surface area contributed by atoms with Crippen LogP contribution in [0.1, 0.15) is 12.8 Å². The van der Waals surface area contributed by atoms with Crippen LogP contribution < -0.4 is 5.32 Å². The predicted molar refractivity (Wildman–Crippen MR) is 62.5 cm³/mol. The number of nitrogens with one attached hydrogen (secondary N) is 1. The second-order valence-corrected chi connectivity index (χ2v) is 5.05. The summed E-state index contributed by atoms with van der Waals surface area (Å²) in [5.41, 5.74) is 2.56. The number of fused-ring (bicyclic) bond motifs is 1. The molecule has 0 atom stereocenters. The van der Waals surface area contributed by atoms with Crippen LogP contribution in [0, 0.1) is 5.41 Å². The normalized spacial score (nSPS) is 21.2. The summed E-state index contributed by atoms with van der Waals surface area (Å²) in [6.07, 6.45) is 4.68. The Labute approximate surface area is 91.6 Å². The van der Waals surface area contributed by atoms with E-state index in [0.29, 0.717) is 5.41 Å². The number of hydrogen-bond acceptors (Lipinski definition) is 2. The molecule has 2 aliphatic rings. The molecule has 0 amide bonds. The van der Waals surface area contributed by atoms with E-state index in [2.05, 4.69) is 38.5 Å². The van der Waals surface area contributed by atoms with Crippen LogP contribution in [-0.4, -0.2) is 12.8 Å². The molecule has 1 aliphatic heterocycles. The minimum absolute atomic E-state index is 0.367. The first-order valence-electron chi connectivity index (χ1n) is 4.86. The third-order valence-electron chi connectivity index (χ3n) is 2.96. The molecule has 1 heterocycles. The lowest BCUT2D eigenvalue weighted by atomic mass is 10.1. The summed E-state index contributed by atoms with van der Waals surface area (Å²) < 4.78 is 1.10. The molecule has 72 valence electrons. The van der Waals surface area contributed by atoms with Gasteiger partial charge in [-0.15, -0.1) is 0 Å². The van der Waals surface area contributed by atoms with Gasteiger partial charge in [-0.05, 0) is 31.0 Å². The van der Waals surface area contributed by atoms with Gasteiger partial charge in [0.25, 0.3) is 0 Å². The standard InChI is InChI=1S/C11H11BrN2/c12-8-1-2-9-10(5-8)14-7-11(3-4-11)6-13-9/h1-2,5-6,14H,3-4,7H2. The van der Waals surface area contributed by atoms with Gasteiger partial charge in [-0.3, -0.25) is 4.99 Å². The Morgan fingerprint density at radius 1 is 1.36 bits per heavy atom. The van der Waals surface area contributed by atoms with E-state index in [1.54, 1.807) is 0 Å². The van der Waals surface area contributed by atoms with E-state index >= 15 is 0 Å². The van der Waals surface area contributed by atoms with Crippen LogP contribution in [0.25, 0.3) is 0 Å². The smallest absolute Gasteiger partial charge is 0.0858 e. The molecular formula is C11H11BrN2. The quantitative estimate of drug-likeness (QED) is 0.751. The van der Waals surface area contributed by atoms with Crippen LogP contribution in [0.5, 0.6) is 0 Å². The second-order valence-electron chi connectivity index (χ2n) is 4.14. The second kappa shape index (κ2) is 2.83. The first-order chi connectivity index (χ1) is 6.77. The minimum atomic E-state index is 0.367. The van der Waals surface area contributed by atoms with Crippen LogP contribution in [0.4, 0.5) is 11.4 Å². The summed E-state index contributed by atoms with van der Waals surface area (Å²) in [5.74, 6) is 0. The highest BCUT2D eigenvalue weighted by atomic mass is 79.9. The van der Waals surface area contributed by atoms with Gasteiger partial charge in [0.05, 0.1) is 11.4 Å². The van der Waals surface area contributed by atoms with E-state index in [0.717, 1.165) is 22.4 Å². The SMILES string of the molecule is Brc1ccc2c(c1)NCC1(C=N2)CC1. The monoisotopic (exact) mass is 250 g/mol. The van der Waals surface area contributed by atoms with Gasteiger partial charge in [0.1, 0.15) is 0 Å². The first kappa shape index (κ1) is 8.48. The van der Waals surface area contributed by atoms with E-state index in [9.17, 15) is 0 Å². The third-order valence-corrected chi connectivity index (χ3v) is 3.45. The molecule has 3 heteroatoms. The van der Waals surface area contributed by atoms with Crippen molar-refractivity contribution in [2.24, 2.45) is 10.4 Å². The van der Waals surface area contributed by atoms with Crippen molar-refractivity contribution in [2.45, 2.75) is 12.8 Å². The fourth-order valence-corrected chi connectivity index (χ4v) is 2.11. The molecule has 1 fully saturated rings. The zero-order valence-corrected chi connectivity index (χ0v) is 9.34. The summed E-state index contributed by atoms with van der Waals surface area (Å²) in [4.78, 5) is 4.53. The Morgan fingerprint density at radius 3 is 3.00 bits per heavy atom. The molecule has 1 spiro atoms. The number of rotatable bonds is 0. The first-order valence-corrected chi connectivity index (χ1v) is 5.65. The third kappa shape index (κ3) is 1.36. The van der Waals surface area contributed by atoms with Gasteiger partial charge in [0.2, 0.25) is 0 Å². The zero-order valence-electron chi connectivity index (χ0n) is 7.76. The Kier molecular flexibility index (Phi) is 1.71. The van der Waals surface area contributed by atoms with Crippen molar-refractivity contribution in [1.82, 2.24) is 0 Å². The van der Waals surface area contributed by atoms with E-state index in [1.165, 1.54) is 12.8 Å². The lowest BCUT2D eigenvalue weighted by Gasteiger charge is -2.09. The molecule has 14 heavy (non-hydrogen) atoms. The number of benzene rings is 1. The molecule has 1 aromatic rings. The van der Waals surface area contributed by atoms with Gasteiger partial charge in [-0.25, -0.2) is 0 Å². The lowest BCUT2D eigenvalue weighted by molar-refractivity contribution is 0.766. The highest BCUT2D eigenvalue weighted by Crippen LogP contribution is 2.46. The van der Waals surface area contributed by atoms with E-state index in [-0.39, 0.29) is 0 Å². The van der Waals surface area contributed by atoms with Crippen LogP contribution in [0.3, 0.4) is 0 Å².